The molecule has 0 saturated carbocycles. The van der Waals surface area contributed by atoms with Crippen molar-refractivity contribution in [3.63, 3.8) is 0 Å². The van der Waals surface area contributed by atoms with Gasteiger partial charge >= 0.3 is 6.03 Å². The summed E-state index contributed by atoms with van der Waals surface area (Å²) in [5, 5.41) is 3.03. The van der Waals surface area contributed by atoms with E-state index in [9.17, 15) is 9.18 Å². The van der Waals surface area contributed by atoms with Crippen LogP contribution in [-0.2, 0) is 13.1 Å². The minimum absolute atomic E-state index is 0.0960. The monoisotopic (exact) mass is 427 g/mol. The molecule has 1 fully saturated rings. The second kappa shape index (κ2) is 10.6. The smallest absolute Gasteiger partial charge is 0.318 e. The maximum Gasteiger partial charge on any atom is 0.318 e. The lowest BCUT2D eigenvalue weighted by Gasteiger charge is -2.37. The van der Waals surface area contributed by atoms with Crippen LogP contribution in [0.3, 0.4) is 0 Å². The van der Waals surface area contributed by atoms with Crippen LogP contribution >= 0.6 is 0 Å². The molecule has 0 atom stereocenters. The van der Waals surface area contributed by atoms with E-state index < -0.39 is 0 Å². The summed E-state index contributed by atoms with van der Waals surface area (Å²) in [5.41, 5.74) is 2.42. The number of likely N-dealkylation sites (tertiary alicyclic amines) is 1. The van der Waals surface area contributed by atoms with E-state index >= 15 is 0 Å². The highest BCUT2D eigenvalue weighted by molar-refractivity contribution is 5.74. The molecule has 2 amide bonds. The summed E-state index contributed by atoms with van der Waals surface area (Å²) in [7, 11) is 2.09. The maximum atomic E-state index is 14.5. The number of halogens is 1. The summed E-state index contributed by atoms with van der Waals surface area (Å²) in [6.07, 6.45) is 1.90. The Balaban J connectivity index is 1.68. The minimum atomic E-state index is -0.258. The first kappa shape index (κ1) is 23.1. The van der Waals surface area contributed by atoms with Gasteiger partial charge in [-0.3, -0.25) is 0 Å². The summed E-state index contributed by atoms with van der Waals surface area (Å²) < 4.78 is 20.2. The van der Waals surface area contributed by atoms with Crippen LogP contribution < -0.4 is 10.1 Å². The zero-order chi connectivity index (χ0) is 22.4. The molecule has 31 heavy (non-hydrogen) atoms. The molecule has 6 heteroatoms. The molecule has 0 unspecified atom stereocenters. The van der Waals surface area contributed by atoms with Crippen molar-refractivity contribution in [3.8, 4) is 5.75 Å². The number of urea groups is 1. The summed E-state index contributed by atoms with van der Waals surface area (Å²) in [6, 6.07) is 12.9. The number of nitrogens with one attached hydrogen (secondary N) is 1. The van der Waals surface area contributed by atoms with E-state index in [1.54, 1.807) is 11.0 Å². The number of nitrogens with zero attached hydrogens (tertiary/aromatic N) is 2. The van der Waals surface area contributed by atoms with Gasteiger partial charge in [-0.15, -0.1) is 0 Å². The molecule has 0 aromatic heterocycles. The number of rotatable bonds is 7. The van der Waals surface area contributed by atoms with Gasteiger partial charge in [0.1, 0.15) is 11.6 Å². The van der Waals surface area contributed by atoms with Gasteiger partial charge in [0.25, 0.3) is 0 Å². The number of carbonyl (C=O) groups excluding carboxylic acids is 1. The van der Waals surface area contributed by atoms with Crippen molar-refractivity contribution in [1.29, 1.82) is 0 Å². The number of aryl methyl sites for hydroxylation is 1. The second-order valence-corrected chi connectivity index (χ2v) is 8.73. The molecule has 3 rings (SSSR count). The van der Waals surface area contributed by atoms with Crippen molar-refractivity contribution < 1.29 is 13.9 Å². The van der Waals surface area contributed by atoms with Crippen LogP contribution in [-0.4, -0.2) is 48.1 Å². The highest BCUT2D eigenvalue weighted by Crippen LogP contribution is 2.21. The van der Waals surface area contributed by atoms with E-state index in [1.807, 2.05) is 51.1 Å². The van der Waals surface area contributed by atoms with Gasteiger partial charge in [0.2, 0.25) is 0 Å². The van der Waals surface area contributed by atoms with Gasteiger partial charge in [0, 0.05) is 18.2 Å². The molecule has 1 heterocycles. The Labute approximate surface area is 185 Å². The number of piperidine rings is 1. The van der Waals surface area contributed by atoms with Crippen LogP contribution in [0.25, 0.3) is 0 Å². The number of carbonyl (C=O) groups is 1. The second-order valence-electron chi connectivity index (χ2n) is 8.73. The van der Waals surface area contributed by atoms with E-state index in [4.69, 9.17) is 4.74 Å². The molecule has 1 aliphatic rings. The van der Waals surface area contributed by atoms with Crippen molar-refractivity contribution in [1.82, 2.24) is 15.1 Å². The fourth-order valence-electron chi connectivity index (χ4n) is 3.87. The quantitative estimate of drug-likeness (QED) is 0.695. The van der Waals surface area contributed by atoms with Gasteiger partial charge in [-0.1, -0.05) is 24.3 Å². The molecule has 5 nitrogen and oxygen atoms in total. The van der Waals surface area contributed by atoms with E-state index in [2.05, 4.69) is 17.3 Å². The fourth-order valence-corrected chi connectivity index (χ4v) is 3.87. The first-order valence-electron chi connectivity index (χ1n) is 11.1. The predicted octanol–water partition coefficient (Wildman–Crippen LogP) is 4.73. The third kappa shape index (κ3) is 6.69. The third-order valence-electron chi connectivity index (χ3n) is 5.68. The summed E-state index contributed by atoms with van der Waals surface area (Å²) >= 11 is 0. The molecular weight excluding hydrogens is 393 g/mol. The van der Waals surface area contributed by atoms with Gasteiger partial charge in [-0.2, -0.15) is 0 Å². The van der Waals surface area contributed by atoms with Crippen LogP contribution in [0.5, 0.6) is 5.75 Å². The fraction of sp³-hybridized carbons (Fsp3) is 0.480. The van der Waals surface area contributed by atoms with Gasteiger partial charge in [0.15, 0.2) is 0 Å². The molecule has 1 saturated heterocycles. The van der Waals surface area contributed by atoms with Crippen LogP contribution in [0.1, 0.15) is 43.4 Å². The molecule has 168 valence electrons. The first-order chi connectivity index (χ1) is 14.8. The summed E-state index contributed by atoms with van der Waals surface area (Å²) in [6.45, 7) is 8.40. The van der Waals surface area contributed by atoms with Crippen molar-refractivity contribution in [2.75, 3.05) is 20.1 Å². The molecule has 1 aliphatic heterocycles. The Bertz CT molecular complexity index is 862. The Morgan fingerprint density at radius 2 is 1.87 bits per heavy atom. The molecule has 2 aromatic rings. The van der Waals surface area contributed by atoms with Crippen molar-refractivity contribution in [3.05, 3.63) is 65.0 Å². The molecular formula is C25H34FN3O2. The predicted molar refractivity (Wildman–Crippen MR) is 122 cm³/mol. The largest absolute Gasteiger partial charge is 0.491 e. The number of ether oxygens (including phenoxy) is 1. The van der Waals surface area contributed by atoms with Crippen molar-refractivity contribution in [2.45, 2.75) is 58.8 Å². The van der Waals surface area contributed by atoms with E-state index in [1.165, 1.54) is 6.07 Å². The lowest BCUT2D eigenvalue weighted by molar-refractivity contribution is 0.126. The Hall–Kier alpha value is -2.60. The highest BCUT2D eigenvalue weighted by Gasteiger charge is 2.27. The van der Waals surface area contributed by atoms with Crippen LogP contribution in [0.15, 0.2) is 42.5 Å². The molecule has 1 N–H and O–H groups in total. The highest BCUT2D eigenvalue weighted by atomic mass is 19.1. The number of benzene rings is 2. The van der Waals surface area contributed by atoms with Crippen molar-refractivity contribution in [2.24, 2.45) is 0 Å². The summed E-state index contributed by atoms with van der Waals surface area (Å²) in [4.78, 5) is 17.2. The minimum Gasteiger partial charge on any atom is -0.491 e. The Morgan fingerprint density at radius 3 is 2.48 bits per heavy atom. The number of hydrogen-bond donors (Lipinski definition) is 1. The van der Waals surface area contributed by atoms with Crippen LogP contribution in [0, 0.1) is 12.7 Å². The number of amides is 2. The van der Waals surface area contributed by atoms with E-state index in [0.717, 1.165) is 42.8 Å². The van der Waals surface area contributed by atoms with Gasteiger partial charge in [-0.25, -0.2) is 9.18 Å². The normalized spacial score (nSPS) is 15.2. The topological polar surface area (TPSA) is 44.8 Å². The van der Waals surface area contributed by atoms with Crippen LogP contribution in [0.2, 0.25) is 0 Å². The molecule has 0 spiro atoms. The van der Waals surface area contributed by atoms with Gasteiger partial charge in [-0.05, 0) is 83.1 Å². The van der Waals surface area contributed by atoms with E-state index in [-0.39, 0.29) is 30.5 Å². The first-order valence-corrected chi connectivity index (χ1v) is 11.1. The molecule has 0 aliphatic carbocycles. The summed E-state index contributed by atoms with van der Waals surface area (Å²) in [5.74, 6) is 0.555. The third-order valence-corrected chi connectivity index (χ3v) is 5.68. The Morgan fingerprint density at radius 1 is 1.19 bits per heavy atom. The molecule has 0 radical (unpaired) electrons. The average molecular weight is 428 g/mol. The molecule has 0 bridgehead atoms. The van der Waals surface area contributed by atoms with E-state index in [0.29, 0.717) is 12.1 Å². The zero-order valence-corrected chi connectivity index (χ0v) is 19.0. The Kier molecular flexibility index (Phi) is 7.91. The van der Waals surface area contributed by atoms with Gasteiger partial charge in [0.05, 0.1) is 12.6 Å². The maximum absolute atomic E-state index is 14.5. The zero-order valence-electron chi connectivity index (χ0n) is 19.0. The average Bonchev–Trinajstić information content (AvgIpc) is 2.73. The lowest BCUT2D eigenvalue weighted by Crippen LogP contribution is -2.49. The molecule has 2 aromatic carbocycles. The number of hydrogen-bond acceptors (Lipinski definition) is 3. The van der Waals surface area contributed by atoms with Crippen LogP contribution in [0.4, 0.5) is 9.18 Å². The van der Waals surface area contributed by atoms with Gasteiger partial charge < -0.3 is 19.9 Å². The standard InChI is InChI=1S/C25H34FN3O2/c1-18(2)31-23-9-6-20(7-10-23)16-27-25(30)29(22-11-13-28(4)14-12-22)17-21-8-5-19(3)15-24(21)26/h5-10,15,18,22H,11-14,16-17H2,1-4H3,(H,27,30). The lowest BCUT2D eigenvalue weighted by atomic mass is 10.0. The SMILES string of the molecule is Cc1ccc(CN(C(=O)NCc2ccc(OC(C)C)cc2)C2CCN(C)CC2)c(F)c1. The van der Waals surface area contributed by atoms with Crippen molar-refractivity contribution >= 4 is 6.03 Å².